The minimum absolute atomic E-state index is 0.100. The number of aliphatic hydroxyl groups is 1. The van der Waals surface area contributed by atoms with E-state index in [-0.39, 0.29) is 42.3 Å². The number of aromatic nitrogens is 6. The molecule has 2 saturated heterocycles. The number of β-amino-alcohol motifs (C(OH)–C–C–N with tert-alkyl or cyclic N) is 1. The molecule has 3 aromatic carbocycles. The van der Waals surface area contributed by atoms with Crippen LogP contribution in [-0.2, 0) is 21.4 Å². The topological polar surface area (TPSA) is 151 Å². The summed E-state index contributed by atoms with van der Waals surface area (Å²) in [5.41, 5.74) is 10.5. The average Bonchev–Trinajstić information content (AvgIpc) is 4.18. The lowest BCUT2D eigenvalue weighted by molar-refractivity contribution is -0.144. The van der Waals surface area contributed by atoms with E-state index in [2.05, 4.69) is 85.3 Å². The third-order valence-electron chi connectivity index (χ3n) is 16.5. The molecule has 0 radical (unpaired) electrons. The molecule has 11 rings (SSSR count). The first-order valence-electron chi connectivity index (χ1n) is 25.4. The fourth-order valence-corrected chi connectivity index (χ4v) is 13.7. The van der Waals surface area contributed by atoms with Crippen molar-refractivity contribution in [3.63, 3.8) is 0 Å². The monoisotopic (exact) mass is 981 g/mol. The molecule has 366 valence electrons. The highest BCUT2D eigenvalue weighted by Crippen LogP contribution is 2.46. The van der Waals surface area contributed by atoms with Gasteiger partial charge in [-0.3, -0.25) is 19.0 Å². The molecule has 2 N–H and O–H groups in total. The van der Waals surface area contributed by atoms with Crippen LogP contribution in [0.3, 0.4) is 0 Å². The second-order valence-electron chi connectivity index (χ2n) is 22.5. The normalized spacial score (nSPS) is 23.9. The molecule has 4 atom stereocenters. The highest BCUT2D eigenvalue weighted by Gasteiger charge is 2.46. The van der Waals surface area contributed by atoms with Crippen LogP contribution in [0, 0.1) is 18.3 Å². The number of hydrogen-bond donors (Lipinski definition) is 2. The van der Waals surface area contributed by atoms with Crippen molar-refractivity contribution in [2.45, 2.75) is 141 Å². The molecule has 1 saturated carbocycles. The van der Waals surface area contributed by atoms with Gasteiger partial charge in [-0.05, 0) is 155 Å². The number of benzene rings is 3. The Morgan fingerprint density at radius 2 is 1.77 bits per heavy atom. The van der Waals surface area contributed by atoms with Gasteiger partial charge in [0.1, 0.15) is 17.9 Å². The molecule has 6 heterocycles. The number of aryl methyl sites for hydroxylation is 2. The number of likely N-dealkylation sites (tertiary alicyclic amines) is 2. The van der Waals surface area contributed by atoms with Crippen molar-refractivity contribution >= 4 is 45.7 Å². The molecule has 13 nitrogen and oxygen atoms in total. The van der Waals surface area contributed by atoms with Gasteiger partial charge in [-0.2, -0.15) is 4.98 Å². The lowest BCUT2D eigenvalue weighted by Gasteiger charge is -2.36. The van der Waals surface area contributed by atoms with Crippen LogP contribution in [0.1, 0.15) is 149 Å². The molecule has 0 bridgehead atoms. The van der Waals surface area contributed by atoms with E-state index in [4.69, 9.17) is 11.6 Å². The first kappa shape index (κ1) is 47.1. The first-order valence-corrected chi connectivity index (χ1v) is 26.6. The molecule has 5 aliphatic rings. The average molecular weight is 983 g/mol. The summed E-state index contributed by atoms with van der Waals surface area (Å²) in [6.45, 7) is 15.7. The fourth-order valence-electron chi connectivity index (χ4n) is 12.7. The number of carbonyl (C=O) groups excluding carboxylic acids is 2. The molecular weight excluding hydrogens is 918 g/mol. The van der Waals surface area contributed by atoms with Crippen molar-refractivity contribution in [2.75, 3.05) is 26.2 Å². The summed E-state index contributed by atoms with van der Waals surface area (Å²) in [6, 6.07) is 17.3. The van der Waals surface area contributed by atoms with E-state index < -0.39 is 29.0 Å². The summed E-state index contributed by atoms with van der Waals surface area (Å²) in [5.74, 6) is 1.66. The SMILES string of the molecule is Cc1ncsc1-c1ccc2c(c1)CC[C@H]2NC(=O)[C@@H]1C[C@@H](O)CN1C(=O)[C@@H](n1cc(C2CCC(CN3CCC(c4ccc5c(c4)-n4c(nc(=O)c6c(Cl)cccc64)C5(C)C)CC3)CC2)nn1)C(C)(C)C. The van der Waals surface area contributed by atoms with Crippen molar-refractivity contribution in [2.24, 2.45) is 11.3 Å². The highest BCUT2D eigenvalue weighted by molar-refractivity contribution is 7.13. The quantitative estimate of drug-likeness (QED) is 0.145. The predicted octanol–water partition coefficient (Wildman–Crippen LogP) is 9.21. The Morgan fingerprint density at radius 3 is 2.51 bits per heavy atom. The van der Waals surface area contributed by atoms with Crippen LogP contribution in [-0.4, -0.2) is 94.6 Å². The molecule has 3 aliphatic heterocycles. The number of nitrogens with one attached hydrogen (secondary N) is 1. The molecule has 2 aliphatic carbocycles. The van der Waals surface area contributed by atoms with Gasteiger partial charge >= 0.3 is 0 Å². The van der Waals surface area contributed by atoms with Crippen molar-refractivity contribution in [1.29, 1.82) is 0 Å². The van der Waals surface area contributed by atoms with Crippen molar-refractivity contribution in [1.82, 2.24) is 44.6 Å². The number of hydrogen-bond acceptors (Lipinski definition) is 10. The number of amides is 2. The van der Waals surface area contributed by atoms with Gasteiger partial charge in [0.15, 0.2) is 0 Å². The zero-order valence-electron chi connectivity index (χ0n) is 41.1. The third-order valence-corrected chi connectivity index (χ3v) is 17.8. The number of rotatable bonds is 9. The number of nitrogens with zero attached hydrogens (tertiary/aromatic N) is 8. The second-order valence-corrected chi connectivity index (χ2v) is 23.7. The van der Waals surface area contributed by atoms with Gasteiger partial charge in [0.2, 0.25) is 11.8 Å². The van der Waals surface area contributed by atoms with E-state index in [1.165, 1.54) is 16.7 Å². The van der Waals surface area contributed by atoms with Crippen LogP contribution >= 0.6 is 22.9 Å². The maximum absolute atomic E-state index is 14.7. The third kappa shape index (κ3) is 8.39. The van der Waals surface area contributed by atoms with Gasteiger partial charge in [-0.15, -0.1) is 16.4 Å². The van der Waals surface area contributed by atoms with Gasteiger partial charge in [0, 0.05) is 31.6 Å². The number of thiazole rings is 1. The Hall–Kier alpha value is -5.28. The minimum atomic E-state index is -0.791. The van der Waals surface area contributed by atoms with E-state index in [0.29, 0.717) is 22.2 Å². The lowest BCUT2D eigenvalue weighted by Crippen LogP contribution is -2.50. The predicted molar refractivity (Wildman–Crippen MR) is 274 cm³/mol. The van der Waals surface area contributed by atoms with Crippen molar-refractivity contribution in [3.8, 4) is 16.1 Å². The molecule has 0 spiro atoms. The number of halogens is 1. The Balaban J connectivity index is 0.701. The summed E-state index contributed by atoms with van der Waals surface area (Å²) in [4.78, 5) is 56.3. The minimum Gasteiger partial charge on any atom is -0.391 e. The van der Waals surface area contributed by atoms with Gasteiger partial charge < -0.3 is 20.2 Å². The Kier molecular flexibility index (Phi) is 12.2. The van der Waals surface area contributed by atoms with Crippen LogP contribution in [0.5, 0.6) is 0 Å². The van der Waals surface area contributed by atoms with E-state index in [9.17, 15) is 19.5 Å². The standard InChI is InChI=1S/C55H64ClN9O4S/c1-31-48(70-30-57-31)37-14-17-39-36(24-37)16-19-42(39)58-50(67)46-26-38(66)28-63(46)52(69)49(54(2,3)4)64-29-43(60-61-64)34-12-10-32(11-13-34)27-62-22-20-33(21-23-62)35-15-18-40-45(25-35)65-44-9-7-8-41(56)47(44)51(68)59-53(65)55(40,5)6/h7-9,14-15,17-18,24-25,29-30,32-34,38,42,46,49,66H,10-13,16,19-23,26-28H2,1-6H3,(H,58,67)/t32?,34?,38-,42-,46+,49-/m1/s1. The smallest absolute Gasteiger partial charge is 0.282 e. The Morgan fingerprint density at radius 1 is 0.986 bits per heavy atom. The van der Waals surface area contributed by atoms with Crippen LogP contribution < -0.4 is 10.9 Å². The molecule has 3 fully saturated rings. The molecule has 6 aromatic rings. The number of piperidine rings is 1. The largest absolute Gasteiger partial charge is 0.391 e. The zero-order chi connectivity index (χ0) is 48.8. The van der Waals surface area contributed by atoms with Gasteiger partial charge in [-0.25, -0.2) is 9.67 Å². The van der Waals surface area contributed by atoms with Crippen LogP contribution in [0.15, 0.2) is 71.1 Å². The van der Waals surface area contributed by atoms with Gasteiger partial charge in [-0.1, -0.05) is 67.9 Å². The number of aliphatic hydroxyl groups excluding tert-OH is 1. The molecule has 15 heteroatoms. The first-order chi connectivity index (χ1) is 33.5. The van der Waals surface area contributed by atoms with Gasteiger partial charge in [0.05, 0.1) is 60.9 Å². The zero-order valence-corrected chi connectivity index (χ0v) is 42.7. The van der Waals surface area contributed by atoms with E-state index in [0.717, 1.165) is 115 Å². The molecule has 70 heavy (non-hydrogen) atoms. The van der Waals surface area contributed by atoms with Crippen molar-refractivity contribution in [3.05, 3.63) is 121 Å². The molecular formula is C55H64ClN9O4S. The number of fused-ring (bicyclic) bond motifs is 6. The summed E-state index contributed by atoms with van der Waals surface area (Å²) in [6.07, 6.45) is 9.51. The molecule has 3 aromatic heterocycles. The summed E-state index contributed by atoms with van der Waals surface area (Å²) >= 11 is 8.18. The maximum Gasteiger partial charge on any atom is 0.282 e. The van der Waals surface area contributed by atoms with Gasteiger partial charge in [0.25, 0.3) is 5.56 Å². The Bertz CT molecular complexity index is 3060. The summed E-state index contributed by atoms with van der Waals surface area (Å²) < 4.78 is 3.88. The highest BCUT2D eigenvalue weighted by atomic mass is 35.5. The van der Waals surface area contributed by atoms with Crippen LogP contribution in [0.2, 0.25) is 5.02 Å². The van der Waals surface area contributed by atoms with E-state index in [1.54, 1.807) is 27.0 Å². The second kappa shape index (κ2) is 18.1. The lowest BCUT2D eigenvalue weighted by atomic mass is 9.80. The van der Waals surface area contributed by atoms with E-state index >= 15 is 0 Å². The fraction of sp³-hybridized carbons (Fsp3) is 0.509. The van der Waals surface area contributed by atoms with Crippen LogP contribution in [0.4, 0.5) is 0 Å². The Labute approximate surface area is 418 Å². The van der Waals surface area contributed by atoms with Crippen molar-refractivity contribution < 1.29 is 14.7 Å². The molecule has 2 amide bonds. The summed E-state index contributed by atoms with van der Waals surface area (Å²) in [5, 5.41) is 24.4. The maximum atomic E-state index is 14.7. The van der Waals surface area contributed by atoms with Crippen LogP contribution in [0.25, 0.3) is 27.0 Å². The molecule has 0 unspecified atom stereocenters. The van der Waals surface area contributed by atoms with E-state index in [1.807, 2.05) is 51.5 Å². The summed E-state index contributed by atoms with van der Waals surface area (Å²) in [7, 11) is 0. The number of carbonyl (C=O) groups is 2.